The minimum absolute atomic E-state index is 0.470. The van der Waals surface area contributed by atoms with Gasteiger partial charge in [-0.25, -0.2) is 8.78 Å². The van der Waals surface area contributed by atoms with Crippen LogP contribution in [0.4, 0.5) is 14.5 Å². The van der Waals surface area contributed by atoms with Gasteiger partial charge in [-0.2, -0.15) is 0 Å². The number of benzene rings is 2. The van der Waals surface area contributed by atoms with Crippen LogP contribution >= 0.6 is 0 Å². The highest BCUT2D eigenvalue weighted by Crippen LogP contribution is 2.21. The zero-order chi connectivity index (χ0) is 16.2. The lowest BCUT2D eigenvalue weighted by Gasteiger charge is -2.36. The summed E-state index contributed by atoms with van der Waals surface area (Å²) in [6.07, 6.45) is 0. The van der Waals surface area contributed by atoms with Crippen molar-refractivity contribution in [1.29, 1.82) is 0 Å². The van der Waals surface area contributed by atoms with Crippen molar-refractivity contribution < 1.29 is 13.5 Å². The molecular weight excluding hydrogens is 298 g/mol. The maximum atomic E-state index is 13.7. The number of piperazine rings is 1. The van der Waals surface area contributed by atoms with Crippen molar-refractivity contribution in [3.05, 3.63) is 59.7 Å². The van der Waals surface area contributed by atoms with Gasteiger partial charge in [0, 0.05) is 50.0 Å². The summed E-state index contributed by atoms with van der Waals surface area (Å²) in [6.45, 7) is 3.98. The van der Waals surface area contributed by atoms with Gasteiger partial charge in [0.15, 0.2) is 0 Å². The summed E-state index contributed by atoms with van der Waals surface area (Å²) in [6, 6.07) is 11.8. The molecule has 1 fully saturated rings. The van der Waals surface area contributed by atoms with E-state index in [-0.39, 0.29) is 0 Å². The molecule has 0 aromatic heterocycles. The number of anilines is 1. The van der Waals surface area contributed by atoms with E-state index in [9.17, 15) is 8.78 Å². The molecule has 0 amide bonds. The van der Waals surface area contributed by atoms with E-state index in [0.29, 0.717) is 12.1 Å². The molecule has 23 heavy (non-hydrogen) atoms. The van der Waals surface area contributed by atoms with Gasteiger partial charge in [-0.1, -0.05) is 6.07 Å². The minimum Gasteiger partial charge on any atom is -0.497 e. The second-order valence-electron chi connectivity index (χ2n) is 5.70. The Hall–Kier alpha value is -2.14. The maximum Gasteiger partial charge on any atom is 0.130 e. The highest BCUT2D eigenvalue weighted by molar-refractivity contribution is 5.49. The quantitative estimate of drug-likeness (QED) is 0.860. The standard InChI is InChI=1S/C18H20F2N2O/c1-23-17-6-4-16(5-7-17)22-10-8-21(9-11-22)13-14-2-3-15(19)12-18(14)20/h2-7,12H,8-11,13H2,1H3. The van der Waals surface area contributed by atoms with Crippen molar-refractivity contribution in [3.8, 4) is 5.75 Å². The summed E-state index contributed by atoms with van der Waals surface area (Å²) < 4.78 is 31.9. The molecule has 1 heterocycles. The topological polar surface area (TPSA) is 15.7 Å². The lowest BCUT2D eigenvalue weighted by atomic mass is 10.1. The van der Waals surface area contributed by atoms with Crippen LogP contribution in [-0.2, 0) is 6.54 Å². The second kappa shape index (κ2) is 6.96. The number of hydrogen-bond donors (Lipinski definition) is 0. The van der Waals surface area contributed by atoms with Crippen LogP contribution in [0.2, 0.25) is 0 Å². The molecule has 5 heteroatoms. The molecule has 0 bridgehead atoms. The Balaban J connectivity index is 1.57. The van der Waals surface area contributed by atoms with Gasteiger partial charge >= 0.3 is 0 Å². The van der Waals surface area contributed by atoms with Crippen molar-refractivity contribution in [2.75, 3.05) is 38.2 Å². The molecule has 3 rings (SSSR count). The number of nitrogens with zero attached hydrogens (tertiary/aromatic N) is 2. The van der Waals surface area contributed by atoms with Gasteiger partial charge in [-0.05, 0) is 30.3 Å². The summed E-state index contributed by atoms with van der Waals surface area (Å²) in [5.74, 6) is -0.155. The van der Waals surface area contributed by atoms with E-state index in [1.165, 1.54) is 17.8 Å². The van der Waals surface area contributed by atoms with Crippen LogP contribution in [0.1, 0.15) is 5.56 Å². The number of ether oxygens (including phenoxy) is 1. The second-order valence-corrected chi connectivity index (χ2v) is 5.70. The van der Waals surface area contributed by atoms with Gasteiger partial charge in [-0.3, -0.25) is 4.90 Å². The molecule has 0 radical (unpaired) electrons. The third-order valence-electron chi connectivity index (χ3n) is 4.22. The van der Waals surface area contributed by atoms with Crippen LogP contribution in [0.25, 0.3) is 0 Å². The predicted molar refractivity (Wildman–Crippen MR) is 86.8 cm³/mol. The van der Waals surface area contributed by atoms with Gasteiger partial charge in [0.05, 0.1) is 7.11 Å². The van der Waals surface area contributed by atoms with E-state index in [2.05, 4.69) is 9.80 Å². The van der Waals surface area contributed by atoms with Crippen molar-refractivity contribution in [2.45, 2.75) is 6.54 Å². The monoisotopic (exact) mass is 318 g/mol. The van der Waals surface area contributed by atoms with Crippen molar-refractivity contribution >= 4 is 5.69 Å². The zero-order valence-electron chi connectivity index (χ0n) is 13.1. The van der Waals surface area contributed by atoms with Crippen molar-refractivity contribution in [2.24, 2.45) is 0 Å². The van der Waals surface area contributed by atoms with Gasteiger partial charge in [0.1, 0.15) is 17.4 Å². The number of rotatable bonds is 4. The van der Waals surface area contributed by atoms with E-state index >= 15 is 0 Å². The van der Waals surface area contributed by atoms with Crippen LogP contribution in [-0.4, -0.2) is 38.2 Å². The molecule has 0 aliphatic carbocycles. The van der Waals surface area contributed by atoms with Crippen LogP contribution < -0.4 is 9.64 Å². The lowest BCUT2D eigenvalue weighted by molar-refractivity contribution is 0.246. The van der Waals surface area contributed by atoms with Gasteiger partial charge in [-0.15, -0.1) is 0 Å². The highest BCUT2D eigenvalue weighted by atomic mass is 19.1. The van der Waals surface area contributed by atoms with Gasteiger partial charge in [0.2, 0.25) is 0 Å². The molecule has 1 aliphatic heterocycles. The predicted octanol–water partition coefficient (Wildman–Crippen LogP) is 3.30. The molecule has 0 unspecified atom stereocenters. The molecule has 1 aliphatic rings. The van der Waals surface area contributed by atoms with E-state index in [4.69, 9.17) is 4.74 Å². The molecule has 0 saturated carbocycles. The fourth-order valence-electron chi connectivity index (χ4n) is 2.85. The van der Waals surface area contributed by atoms with Crippen LogP contribution in [0.15, 0.2) is 42.5 Å². The Morgan fingerprint density at radius 1 is 0.957 bits per heavy atom. The number of hydrogen-bond acceptors (Lipinski definition) is 3. The Bertz CT molecular complexity index is 653. The fourth-order valence-corrected chi connectivity index (χ4v) is 2.85. The van der Waals surface area contributed by atoms with E-state index < -0.39 is 11.6 Å². The van der Waals surface area contributed by atoms with Crippen LogP contribution in [0, 0.1) is 11.6 Å². The third kappa shape index (κ3) is 3.79. The first-order valence-corrected chi connectivity index (χ1v) is 7.71. The molecule has 2 aromatic rings. The molecule has 2 aromatic carbocycles. The maximum absolute atomic E-state index is 13.7. The molecular formula is C18H20F2N2O. The lowest BCUT2D eigenvalue weighted by Crippen LogP contribution is -2.46. The number of methoxy groups -OCH3 is 1. The van der Waals surface area contributed by atoms with Crippen LogP contribution in [0.5, 0.6) is 5.75 Å². The first-order valence-electron chi connectivity index (χ1n) is 7.71. The average Bonchev–Trinajstić information content (AvgIpc) is 2.58. The Kier molecular flexibility index (Phi) is 4.76. The molecule has 0 atom stereocenters. The van der Waals surface area contributed by atoms with E-state index in [1.54, 1.807) is 7.11 Å². The molecule has 1 saturated heterocycles. The molecule has 0 N–H and O–H groups in total. The normalized spacial score (nSPS) is 15.7. The summed E-state index contributed by atoms with van der Waals surface area (Å²) in [4.78, 5) is 4.49. The SMILES string of the molecule is COc1ccc(N2CCN(Cc3ccc(F)cc3F)CC2)cc1. The largest absolute Gasteiger partial charge is 0.497 e. The van der Waals surface area contributed by atoms with E-state index in [0.717, 1.165) is 38.0 Å². The average molecular weight is 318 g/mol. The summed E-state index contributed by atoms with van der Waals surface area (Å²) in [5, 5.41) is 0. The van der Waals surface area contributed by atoms with Gasteiger partial charge in [0.25, 0.3) is 0 Å². The van der Waals surface area contributed by atoms with Gasteiger partial charge < -0.3 is 9.64 Å². The Labute approximate surface area is 135 Å². The smallest absolute Gasteiger partial charge is 0.130 e. The Morgan fingerprint density at radius 2 is 1.65 bits per heavy atom. The summed E-state index contributed by atoms with van der Waals surface area (Å²) in [5.41, 5.74) is 1.71. The zero-order valence-corrected chi connectivity index (χ0v) is 13.1. The van der Waals surface area contributed by atoms with Crippen molar-refractivity contribution in [3.63, 3.8) is 0 Å². The number of halogens is 2. The Morgan fingerprint density at radius 3 is 2.26 bits per heavy atom. The summed E-state index contributed by atoms with van der Waals surface area (Å²) >= 11 is 0. The highest BCUT2D eigenvalue weighted by Gasteiger charge is 2.18. The summed E-state index contributed by atoms with van der Waals surface area (Å²) in [7, 11) is 1.66. The fraction of sp³-hybridized carbons (Fsp3) is 0.333. The first kappa shape index (κ1) is 15.7. The molecule has 0 spiro atoms. The molecule has 3 nitrogen and oxygen atoms in total. The van der Waals surface area contributed by atoms with E-state index in [1.807, 2.05) is 24.3 Å². The van der Waals surface area contributed by atoms with Crippen molar-refractivity contribution in [1.82, 2.24) is 4.90 Å². The molecule has 122 valence electrons. The first-order chi connectivity index (χ1) is 11.2. The minimum atomic E-state index is -0.532. The van der Waals surface area contributed by atoms with Crippen LogP contribution in [0.3, 0.4) is 0 Å². The third-order valence-corrected chi connectivity index (χ3v) is 4.22.